The lowest BCUT2D eigenvalue weighted by atomic mass is 9.95. The van der Waals surface area contributed by atoms with Gasteiger partial charge in [0.1, 0.15) is 0 Å². The van der Waals surface area contributed by atoms with E-state index in [1.165, 1.54) is 0 Å². The number of amides is 3. The summed E-state index contributed by atoms with van der Waals surface area (Å²) in [6.07, 6.45) is 3.98. The zero-order chi connectivity index (χ0) is 31.0. The van der Waals surface area contributed by atoms with Gasteiger partial charge in [0.15, 0.2) is 0 Å². The van der Waals surface area contributed by atoms with E-state index in [0.717, 1.165) is 34.8 Å². The lowest BCUT2D eigenvalue weighted by Crippen LogP contribution is -2.37. The van der Waals surface area contributed by atoms with Gasteiger partial charge >= 0.3 is 5.97 Å². The fourth-order valence-corrected chi connectivity index (χ4v) is 6.31. The summed E-state index contributed by atoms with van der Waals surface area (Å²) in [5.41, 5.74) is 3.35. The molecule has 0 saturated heterocycles. The summed E-state index contributed by atoms with van der Waals surface area (Å²) in [6.45, 7) is 4.26. The standard InChI is InChI=1S/C34H36N4O6/c1-4-43-30(40)14-13-29(39)38-33(41)31-25-20-36(27-11-7-5-9-23(25)27)16-15-22(19-35(2)3)44-18-17-37-21-26(32(31)34(38)42)24-10-6-8-12-28(24)37/h5-12,20-22H,4,13-19H2,1-3H3. The molecule has 2 aromatic carbocycles. The second kappa shape index (κ2) is 12.2. The molecule has 0 N–H and O–H groups in total. The van der Waals surface area contributed by atoms with Crippen LogP contribution in [0.25, 0.3) is 33.0 Å². The number of hydrogen-bond acceptors (Lipinski definition) is 7. The molecule has 3 amide bonds. The predicted molar refractivity (Wildman–Crippen MR) is 166 cm³/mol. The van der Waals surface area contributed by atoms with E-state index in [1.807, 2.05) is 79.6 Å². The minimum absolute atomic E-state index is 0.0178. The number of benzene rings is 2. The third-order valence-electron chi connectivity index (χ3n) is 8.24. The molecular formula is C34H36N4O6. The maximum Gasteiger partial charge on any atom is 0.306 e. The van der Waals surface area contributed by atoms with Crippen molar-refractivity contribution in [1.82, 2.24) is 18.9 Å². The van der Waals surface area contributed by atoms with Gasteiger partial charge in [0.2, 0.25) is 5.91 Å². The summed E-state index contributed by atoms with van der Waals surface area (Å²) in [6, 6.07) is 15.5. The first-order valence-corrected chi connectivity index (χ1v) is 15.0. The molecule has 1 unspecified atom stereocenters. The number of para-hydroxylation sites is 2. The van der Waals surface area contributed by atoms with Crippen LogP contribution in [0.3, 0.4) is 0 Å². The van der Waals surface area contributed by atoms with Gasteiger partial charge in [-0.15, -0.1) is 0 Å². The molecule has 2 aromatic heterocycles. The Balaban J connectivity index is 1.54. The minimum atomic E-state index is -0.731. The SMILES string of the molecule is CCOC(=O)CCC(=O)N1C(=O)C2=C(C1=O)c1cn(c3ccccc13)CCC(CN(C)C)OCCn1cc2c2ccccc21. The van der Waals surface area contributed by atoms with Crippen LogP contribution in [0.15, 0.2) is 60.9 Å². The number of ether oxygens (including phenoxy) is 2. The smallest absolute Gasteiger partial charge is 0.306 e. The van der Waals surface area contributed by atoms with E-state index in [9.17, 15) is 19.2 Å². The Kier molecular flexibility index (Phi) is 8.20. The van der Waals surface area contributed by atoms with Crippen molar-refractivity contribution in [1.29, 1.82) is 0 Å². The van der Waals surface area contributed by atoms with Crippen LogP contribution >= 0.6 is 0 Å². The van der Waals surface area contributed by atoms with E-state index in [1.54, 1.807) is 6.92 Å². The summed E-state index contributed by atoms with van der Waals surface area (Å²) < 4.78 is 15.5. The molecule has 0 radical (unpaired) electrons. The average molecular weight is 597 g/mol. The highest BCUT2D eigenvalue weighted by atomic mass is 16.5. The highest BCUT2D eigenvalue weighted by Gasteiger charge is 2.44. The van der Waals surface area contributed by atoms with Gasteiger partial charge in [0.25, 0.3) is 11.8 Å². The highest BCUT2D eigenvalue weighted by Crippen LogP contribution is 2.42. The van der Waals surface area contributed by atoms with Crippen LogP contribution in [0, 0.1) is 0 Å². The summed E-state index contributed by atoms with van der Waals surface area (Å²) in [7, 11) is 4.06. The number of rotatable bonds is 6. The Morgan fingerprint density at radius 2 is 1.43 bits per heavy atom. The number of aromatic nitrogens is 2. The van der Waals surface area contributed by atoms with Gasteiger partial charge in [-0.05, 0) is 39.6 Å². The fraction of sp³-hybridized carbons (Fsp3) is 0.353. The third-order valence-corrected chi connectivity index (χ3v) is 8.24. The number of fused-ring (bicyclic) bond motifs is 12. The predicted octanol–water partition coefficient (Wildman–Crippen LogP) is 4.10. The van der Waals surface area contributed by atoms with Crippen LogP contribution < -0.4 is 0 Å². The van der Waals surface area contributed by atoms with Crippen LogP contribution in [-0.4, -0.2) is 82.6 Å². The Morgan fingerprint density at radius 3 is 2.00 bits per heavy atom. The van der Waals surface area contributed by atoms with Gasteiger partial charge in [-0.2, -0.15) is 0 Å². The number of imide groups is 3. The highest BCUT2D eigenvalue weighted by molar-refractivity contribution is 6.53. The molecular weight excluding hydrogens is 560 g/mol. The van der Waals surface area contributed by atoms with Crippen molar-refractivity contribution in [2.45, 2.75) is 45.4 Å². The molecule has 0 spiro atoms. The first-order valence-electron chi connectivity index (χ1n) is 15.0. The Labute approximate surface area is 255 Å². The molecule has 4 aromatic rings. The van der Waals surface area contributed by atoms with Crippen LogP contribution in [0.1, 0.15) is 37.3 Å². The third kappa shape index (κ3) is 5.35. The molecule has 2 aliphatic rings. The first-order chi connectivity index (χ1) is 21.3. The lowest BCUT2D eigenvalue weighted by molar-refractivity contribution is -0.151. The van der Waals surface area contributed by atoms with Crippen molar-refractivity contribution in [3.63, 3.8) is 0 Å². The van der Waals surface area contributed by atoms with E-state index in [2.05, 4.69) is 9.47 Å². The number of carbonyl (C=O) groups is 4. The average Bonchev–Trinajstić information content (AvgIpc) is 3.63. The van der Waals surface area contributed by atoms with Gasteiger partial charge in [-0.3, -0.25) is 19.2 Å². The molecule has 0 fully saturated rings. The largest absolute Gasteiger partial charge is 0.466 e. The van der Waals surface area contributed by atoms with E-state index in [-0.39, 0.29) is 36.7 Å². The Morgan fingerprint density at radius 1 is 0.864 bits per heavy atom. The summed E-state index contributed by atoms with van der Waals surface area (Å²) in [5, 5.41) is 1.61. The zero-order valence-corrected chi connectivity index (χ0v) is 25.2. The van der Waals surface area contributed by atoms with Crippen molar-refractivity contribution in [2.24, 2.45) is 0 Å². The Hall–Kier alpha value is -4.54. The molecule has 0 saturated carbocycles. The molecule has 1 atom stereocenters. The van der Waals surface area contributed by atoms with Gasteiger partial charge in [0, 0.05) is 71.4 Å². The summed E-state index contributed by atoms with van der Waals surface area (Å²) in [4.78, 5) is 56.7. The first kappa shape index (κ1) is 29.5. The molecule has 228 valence electrons. The van der Waals surface area contributed by atoms with E-state index >= 15 is 0 Å². The van der Waals surface area contributed by atoms with Crippen LogP contribution in [0.4, 0.5) is 0 Å². The van der Waals surface area contributed by atoms with Crippen molar-refractivity contribution in [3.8, 4) is 0 Å². The Bertz CT molecular complexity index is 1810. The fourth-order valence-electron chi connectivity index (χ4n) is 6.31. The monoisotopic (exact) mass is 596 g/mol. The van der Waals surface area contributed by atoms with Crippen LogP contribution in [-0.2, 0) is 41.7 Å². The van der Waals surface area contributed by atoms with Crippen molar-refractivity contribution in [3.05, 3.63) is 72.1 Å². The number of aryl methyl sites for hydroxylation is 1. The molecule has 2 aliphatic heterocycles. The van der Waals surface area contributed by atoms with Gasteiger partial charge < -0.3 is 23.5 Å². The second-order valence-corrected chi connectivity index (χ2v) is 11.4. The van der Waals surface area contributed by atoms with Crippen LogP contribution in [0.2, 0.25) is 0 Å². The minimum Gasteiger partial charge on any atom is -0.466 e. The van der Waals surface area contributed by atoms with E-state index in [0.29, 0.717) is 35.7 Å². The molecule has 10 nitrogen and oxygen atoms in total. The zero-order valence-electron chi connectivity index (χ0n) is 25.2. The van der Waals surface area contributed by atoms with Gasteiger partial charge in [0.05, 0.1) is 36.9 Å². The maximum absolute atomic E-state index is 14.2. The summed E-state index contributed by atoms with van der Waals surface area (Å²) in [5.74, 6) is -2.65. The number of hydrogen-bond donors (Lipinski definition) is 0. The summed E-state index contributed by atoms with van der Waals surface area (Å²) >= 11 is 0. The maximum atomic E-state index is 14.2. The second-order valence-electron chi connectivity index (χ2n) is 11.4. The molecule has 44 heavy (non-hydrogen) atoms. The molecule has 4 bridgehead atoms. The molecule has 10 heteroatoms. The van der Waals surface area contributed by atoms with Crippen LogP contribution in [0.5, 0.6) is 0 Å². The number of likely N-dealkylation sites (N-methyl/N-ethyl adjacent to an activating group) is 1. The quantitative estimate of drug-likeness (QED) is 0.244. The molecule has 0 aliphatic carbocycles. The lowest BCUT2D eigenvalue weighted by Gasteiger charge is -2.22. The number of nitrogens with zero attached hydrogens (tertiary/aromatic N) is 4. The van der Waals surface area contributed by atoms with E-state index in [4.69, 9.17) is 9.47 Å². The normalized spacial score (nSPS) is 17.5. The number of carbonyl (C=O) groups excluding carboxylic acids is 4. The van der Waals surface area contributed by atoms with E-state index < -0.39 is 23.7 Å². The topological polar surface area (TPSA) is 103 Å². The number of esters is 1. The molecule has 6 rings (SSSR count). The van der Waals surface area contributed by atoms with Crippen molar-refractivity contribution < 1.29 is 28.7 Å². The van der Waals surface area contributed by atoms with Gasteiger partial charge in [-0.25, -0.2) is 4.90 Å². The van der Waals surface area contributed by atoms with Gasteiger partial charge in [-0.1, -0.05) is 36.4 Å². The van der Waals surface area contributed by atoms with Crippen molar-refractivity contribution >= 4 is 56.6 Å². The molecule has 4 heterocycles. The van der Waals surface area contributed by atoms with Crippen molar-refractivity contribution in [2.75, 3.05) is 33.9 Å².